The first-order valence-corrected chi connectivity index (χ1v) is 9.42. The lowest BCUT2D eigenvalue weighted by atomic mass is 9.72. The summed E-state index contributed by atoms with van der Waals surface area (Å²) < 4.78 is 0. The van der Waals surface area contributed by atoms with E-state index in [9.17, 15) is 4.79 Å². The first kappa shape index (κ1) is 17.0. The van der Waals surface area contributed by atoms with Crippen LogP contribution in [0.2, 0.25) is 0 Å². The number of anilines is 1. The molecule has 26 heavy (non-hydrogen) atoms. The highest BCUT2D eigenvalue weighted by molar-refractivity contribution is 5.77. The molecule has 4 heterocycles. The Morgan fingerprint density at radius 1 is 1.23 bits per heavy atom. The third-order valence-corrected chi connectivity index (χ3v) is 5.89. The number of rotatable bonds is 4. The highest BCUT2D eigenvalue weighted by atomic mass is 16.2. The van der Waals surface area contributed by atoms with Crippen molar-refractivity contribution >= 4 is 11.7 Å². The normalized spacial score (nSPS) is 20.0. The number of nitrogens with zero attached hydrogens (tertiary/aromatic N) is 5. The Kier molecular flexibility index (Phi) is 4.61. The summed E-state index contributed by atoms with van der Waals surface area (Å²) in [6, 6.07) is 2.05. The van der Waals surface area contributed by atoms with Crippen molar-refractivity contribution in [3.63, 3.8) is 0 Å². The highest BCUT2D eigenvalue weighted by Crippen LogP contribution is 2.40. The Hall–Kier alpha value is -2.44. The average Bonchev–Trinajstić information content (AvgIpc) is 3.17. The summed E-state index contributed by atoms with van der Waals surface area (Å²) in [4.78, 5) is 32.6. The van der Waals surface area contributed by atoms with Gasteiger partial charge in [-0.1, -0.05) is 0 Å². The molecule has 1 amide bonds. The molecule has 0 saturated carbocycles. The van der Waals surface area contributed by atoms with E-state index in [1.54, 1.807) is 12.7 Å². The number of imidazole rings is 1. The summed E-state index contributed by atoms with van der Waals surface area (Å²) in [5.41, 5.74) is 2.36. The molecule has 2 saturated heterocycles. The minimum atomic E-state index is 0.264. The van der Waals surface area contributed by atoms with Gasteiger partial charge in [0.1, 0.15) is 12.1 Å². The minimum absolute atomic E-state index is 0.264. The average molecular weight is 354 g/mol. The zero-order chi connectivity index (χ0) is 18.0. The van der Waals surface area contributed by atoms with E-state index in [1.807, 2.05) is 13.1 Å². The molecule has 0 bridgehead atoms. The molecule has 0 radical (unpaired) electrons. The van der Waals surface area contributed by atoms with Crippen molar-refractivity contribution in [1.82, 2.24) is 24.8 Å². The van der Waals surface area contributed by atoms with Crippen molar-refractivity contribution < 1.29 is 4.79 Å². The van der Waals surface area contributed by atoms with Gasteiger partial charge in [0.25, 0.3) is 0 Å². The molecule has 2 aliphatic heterocycles. The van der Waals surface area contributed by atoms with E-state index < -0.39 is 0 Å². The SMILES string of the molecule is Cc1cc(N2CCC3(CCC(=O)N(CCc4cnc[nH]4)C3)CC2)ncn1. The molecular formula is C19H26N6O. The van der Waals surface area contributed by atoms with Gasteiger partial charge in [-0.3, -0.25) is 4.79 Å². The van der Waals surface area contributed by atoms with Crippen molar-refractivity contribution in [2.24, 2.45) is 5.41 Å². The van der Waals surface area contributed by atoms with Crippen LogP contribution in [0.5, 0.6) is 0 Å². The van der Waals surface area contributed by atoms with Gasteiger partial charge in [-0.2, -0.15) is 0 Å². The lowest BCUT2D eigenvalue weighted by Crippen LogP contribution is -2.52. The monoisotopic (exact) mass is 354 g/mol. The summed E-state index contributed by atoms with van der Waals surface area (Å²) in [6.45, 7) is 5.66. The van der Waals surface area contributed by atoms with Gasteiger partial charge in [0.15, 0.2) is 0 Å². The fourth-order valence-corrected chi connectivity index (χ4v) is 4.21. The van der Waals surface area contributed by atoms with E-state index in [2.05, 4.69) is 35.8 Å². The van der Waals surface area contributed by atoms with Gasteiger partial charge in [0.05, 0.1) is 6.33 Å². The van der Waals surface area contributed by atoms with Crippen LogP contribution in [0.3, 0.4) is 0 Å². The van der Waals surface area contributed by atoms with Crippen LogP contribution in [-0.4, -0.2) is 56.9 Å². The van der Waals surface area contributed by atoms with Crippen molar-refractivity contribution in [1.29, 1.82) is 0 Å². The number of aromatic nitrogens is 4. The summed E-state index contributed by atoms with van der Waals surface area (Å²) in [7, 11) is 0. The number of aromatic amines is 1. The first-order chi connectivity index (χ1) is 12.6. The van der Waals surface area contributed by atoms with E-state index in [0.717, 1.165) is 69.1 Å². The van der Waals surface area contributed by atoms with Gasteiger partial charge in [-0.25, -0.2) is 15.0 Å². The number of piperidine rings is 2. The molecule has 0 unspecified atom stereocenters. The van der Waals surface area contributed by atoms with Crippen LogP contribution in [0.4, 0.5) is 5.82 Å². The van der Waals surface area contributed by atoms with E-state index >= 15 is 0 Å². The van der Waals surface area contributed by atoms with Crippen LogP contribution in [0.25, 0.3) is 0 Å². The second kappa shape index (κ2) is 7.05. The Balaban J connectivity index is 1.37. The molecule has 4 rings (SSSR count). The standard InChI is InChI=1S/C19H26N6O/c1-15-10-17(23-14-21-15)24-8-5-19(6-9-24)4-2-18(26)25(12-19)7-3-16-11-20-13-22-16/h10-11,13-14H,2-9,12H2,1H3,(H,20,22). The molecule has 0 aliphatic carbocycles. The zero-order valence-electron chi connectivity index (χ0n) is 15.3. The molecule has 2 aliphatic rings. The number of aryl methyl sites for hydroxylation is 1. The zero-order valence-corrected chi connectivity index (χ0v) is 15.3. The number of likely N-dealkylation sites (tertiary alicyclic amines) is 1. The van der Waals surface area contributed by atoms with E-state index in [0.29, 0.717) is 12.3 Å². The quantitative estimate of drug-likeness (QED) is 0.908. The molecule has 1 N–H and O–H groups in total. The van der Waals surface area contributed by atoms with Crippen LogP contribution in [0.1, 0.15) is 37.1 Å². The van der Waals surface area contributed by atoms with Crippen molar-refractivity contribution in [3.05, 3.63) is 36.3 Å². The maximum Gasteiger partial charge on any atom is 0.222 e. The Morgan fingerprint density at radius 3 is 2.81 bits per heavy atom. The molecule has 7 nitrogen and oxygen atoms in total. The molecule has 2 fully saturated rings. The van der Waals surface area contributed by atoms with Crippen LogP contribution < -0.4 is 4.90 Å². The first-order valence-electron chi connectivity index (χ1n) is 9.42. The lowest BCUT2D eigenvalue weighted by molar-refractivity contribution is -0.138. The maximum atomic E-state index is 12.4. The third-order valence-electron chi connectivity index (χ3n) is 5.89. The summed E-state index contributed by atoms with van der Waals surface area (Å²) in [5, 5.41) is 0. The number of hydrogen-bond donors (Lipinski definition) is 1. The molecule has 2 aromatic rings. The smallest absolute Gasteiger partial charge is 0.222 e. The number of nitrogens with one attached hydrogen (secondary N) is 1. The van der Waals surface area contributed by atoms with Crippen LogP contribution in [-0.2, 0) is 11.2 Å². The predicted molar refractivity (Wildman–Crippen MR) is 98.8 cm³/mol. The summed E-state index contributed by atoms with van der Waals surface area (Å²) in [5.74, 6) is 1.32. The predicted octanol–water partition coefficient (Wildman–Crippen LogP) is 1.96. The lowest BCUT2D eigenvalue weighted by Gasteiger charge is -2.47. The number of H-pyrrole nitrogens is 1. The van der Waals surface area contributed by atoms with Crippen molar-refractivity contribution in [2.45, 2.75) is 39.0 Å². The van der Waals surface area contributed by atoms with Gasteiger partial charge in [0, 0.05) is 62.7 Å². The molecule has 138 valence electrons. The van der Waals surface area contributed by atoms with Gasteiger partial charge < -0.3 is 14.8 Å². The van der Waals surface area contributed by atoms with Crippen molar-refractivity contribution in [2.75, 3.05) is 31.1 Å². The van der Waals surface area contributed by atoms with E-state index in [1.165, 1.54) is 0 Å². The fourth-order valence-electron chi connectivity index (χ4n) is 4.21. The molecular weight excluding hydrogens is 328 g/mol. The molecule has 7 heteroatoms. The second-order valence-electron chi connectivity index (χ2n) is 7.65. The van der Waals surface area contributed by atoms with Crippen LogP contribution in [0.15, 0.2) is 24.9 Å². The molecule has 2 aromatic heterocycles. The number of carbonyl (C=O) groups is 1. The van der Waals surface area contributed by atoms with Gasteiger partial charge in [0.2, 0.25) is 5.91 Å². The van der Waals surface area contributed by atoms with Gasteiger partial charge >= 0.3 is 0 Å². The third kappa shape index (κ3) is 3.57. The molecule has 0 aromatic carbocycles. The number of amides is 1. The topological polar surface area (TPSA) is 78.0 Å². The van der Waals surface area contributed by atoms with Crippen LogP contribution in [0, 0.1) is 12.3 Å². The highest BCUT2D eigenvalue weighted by Gasteiger charge is 2.41. The van der Waals surface area contributed by atoms with Gasteiger partial charge in [-0.05, 0) is 31.6 Å². The van der Waals surface area contributed by atoms with Gasteiger partial charge in [-0.15, -0.1) is 0 Å². The second-order valence-corrected chi connectivity index (χ2v) is 7.65. The summed E-state index contributed by atoms with van der Waals surface area (Å²) in [6.07, 6.45) is 9.94. The number of carbonyl (C=O) groups excluding carboxylic acids is 1. The van der Waals surface area contributed by atoms with Crippen LogP contribution >= 0.6 is 0 Å². The Morgan fingerprint density at radius 2 is 2.08 bits per heavy atom. The van der Waals surface area contributed by atoms with E-state index in [-0.39, 0.29) is 5.41 Å². The Bertz CT molecular complexity index is 751. The maximum absolute atomic E-state index is 12.4. The largest absolute Gasteiger partial charge is 0.356 e. The number of hydrogen-bond acceptors (Lipinski definition) is 5. The minimum Gasteiger partial charge on any atom is -0.356 e. The summed E-state index contributed by atoms with van der Waals surface area (Å²) >= 11 is 0. The van der Waals surface area contributed by atoms with Crippen molar-refractivity contribution in [3.8, 4) is 0 Å². The van der Waals surface area contributed by atoms with E-state index in [4.69, 9.17) is 0 Å². The molecule has 0 atom stereocenters. The Labute approximate surface area is 153 Å². The fraction of sp³-hybridized carbons (Fsp3) is 0.579. The molecule has 1 spiro atoms.